The molecule has 1 saturated heterocycles. The number of hydrogen-bond donors (Lipinski definition) is 1. The first-order chi connectivity index (χ1) is 13.1. The zero-order valence-electron chi connectivity index (χ0n) is 15.9. The molecule has 2 aliphatic heterocycles. The number of fused-ring (bicyclic) bond motifs is 4. The Hall–Kier alpha value is -2.05. The molecule has 7 heteroatoms. The maximum Gasteiger partial charge on any atom is 0.242 e. The predicted octanol–water partition coefficient (Wildman–Crippen LogP) is 4.02. The molecular weight excluding hydrogens is 398 g/mol. The van der Waals surface area contributed by atoms with Gasteiger partial charge in [-0.2, -0.15) is 0 Å². The van der Waals surface area contributed by atoms with Crippen molar-refractivity contribution in [3.8, 4) is 5.75 Å². The first kappa shape index (κ1) is 19.3. The summed E-state index contributed by atoms with van der Waals surface area (Å²) in [5, 5.41) is 2.01. The second-order valence-electron chi connectivity index (χ2n) is 8.00. The third kappa shape index (κ3) is 3.08. The van der Waals surface area contributed by atoms with E-state index in [2.05, 4.69) is 5.32 Å². The lowest BCUT2D eigenvalue weighted by Gasteiger charge is -2.46. The van der Waals surface area contributed by atoms with Crippen LogP contribution >= 0.6 is 11.6 Å². The Bertz CT molecular complexity index is 1050. The maximum absolute atomic E-state index is 13.4. The number of sulfone groups is 1. The molecule has 1 amide bonds. The number of carbonyl (C=O) groups is 1. The molecule has 0 aliphatic carbocycles. The SMILES string of the molecule is CC(C)c1ccc(S(=O)(=O)[C@H]2C(=O)N[C@@]3(C)C[C@H]2c2cc(Cl)ccc2O3)cc1. The van der Waals surface area contributed by atoms with Crippen molar-refractivity contribution in [2.45, 2.75) is 54.9 Å². The van der Waals surface area contributed by atoms with Crippen molar-refractivity contribution in [1.29, 1.82) is 0 Å². The fourth-order valence-electron chi connectivity index (χ4n) is 4.12. The maximum atomic E-state index is 13.4. The summed E-state index contributed by atoms with van der Waals surface area (Å²) in [6, 6.07) is 11.9. The van der Waals surface area contributed by atoms with Gasteiger partial charge in [-0.25, -0.2) is 8.42 Å². The van der Waals surface area contributed by atoms with Crippen molar-refractivity contribution < 1.29 is 17.9 Å². The molecule has 0 saturated carbocycles. The van der Waals surface area contributed by atoms with Crippen molar-refractivity contribution >= 4 is 27.3 Å². The molecule has 1 fully saturated rings. The number of benzene rings is 2. The molecule has 2 heterocycles. The van der Waals surface area contributed by atoms with Gasteiger partial charge in [-0.3, -0.25) is 4.79 Å². The summed E-state index contributed by atoms with van der Waals surface area (Å²) in [5.41, 5.74) is 0.769. The largest absolute Gasteiger partial charge is 0.468 e. The molecule has 1 N–H and O–H groups in total. The molecule has 0 radical (unpaired) electrons. The highest BCUT2D eigenvalue weighted by Crippen LogP contribution is 2.47. The predicted molar refractivity (Wildman–Crippen MR) is 107 cm³/mol. The van der Waals surface area contributed by atoms with Gasteiger partial charge in [-0.1, -0.05) is 37.6 Å². The Morgan fingerprint density at radius 1 is 1.18 bits per heavy atom. The molecule has 2 aliphatic rings. The lowest BCUT2D eigenvalue weighted by atomic mass is 9.81. The smallest absolute Gasteiger partial charge is 0.242 e. The quantitative estimate of drug-likeness (QED) is 0.815. The highest BCUT2D eigenvalue weighted by molar-refractivity contribution is 7.92. The van der Waals surface area contributed by atoms with Gasteiger partial charge in [-0.15, -0.1) is 0 Å². The number of carbonyl (C=O) groups excluding carboxylic acids is 1. The van der Waals surface area contributed by atoms with E-state index in [0.29, 0.717) is 28.7 Å². The number of halogens is 1. The Balaban J connectivity index is 1.81. The van der Waals surface area contributed by atoms with Gasteiger partial charge >= 0.3 is 0 Å². The van der Waals surface area contributed by atoms with Crippen LogP contribution in [0.5, 0.6) is 5.75 Å². The molecule has 2 aromatic rings. The summed E-state index contributed by atoms with van der Waals surface area (Å²) in [4.78, 5) is 13.0. The zero-order chi connectivity index (χ0) is 20.3. The minimum absolute atomic E-state index is 0.149. The molecule has 2 bridgehead atoms. The molecule has 148 valence electrons. The fourth-order valence-corrected chi connectivity index (χ4v) is 6.13. The van der Waals surface area contributed by atoms with Gasteiger partial charge in [0.25, 0.3) is 0 Å². The Kier molecular flexibility index (Phi) is 4.47. The second-order valence-corrected chi connectivity index (χ2v) is 10.5. The van der Waals surface area contributed by atoms with Crippen LogP contribution in [0.25, 0.3) is 0 Å². The second kappa shape index (κ2) is 6.49. The minimum Gasteiger partial charge on any atom is -0.468 e. The van der Waals surface area contributed by atoms with Gasteiger partial charge in [0, 0.05) is 22.9 Å². The number of ether oxygens (including phenoxy) is 1. The van der Waals surface area contributed by atoms with E-state index in [4.69, 9.17) is 16.3 Å². The first-order valence-electron chi connectivity index (χ1n) is 9.25. The summed E-state index contributed by atoms with van der Waals surface area (Å²) in [6.07, 6.45) is 0.361. The van der Waals surface area contributed by atoms with E-state index in [-0.39, 0.29) is 4.90 Å². The number of piperidine rings is 1. The number of hydrogen-bond acceptors (Lipinski definition) is 4. The topological polar surface area (TPSA) is 72.5 Å². The van der Waals surface area contributed by atoms with Crippen LogP contribution in [-0.2, 0) is 14.6 Å². The van der Waals surface area contributed by atoms with E-state index >= 15 is 0 Å². The monoisotopic (exact) mass is 419 g/mol. The van der Waals surface area contributed by atoms with E-state index in [9.17, 15) is 13.2 Å². The Labute approximate surface area is 170 Å². The minimum atomic E-state index is -3.90. The molecule has 0 spiro atoms. The van der Waals surface area contributed by atoms with E-state index in [1.165, 1.54) is 0 Å². The number of amides is 1. The van der Waals surface area contributed by atoms with Crippen molar-refractivity contribution in [1.82, 2.24) is 5.32 Å². The van der Waals surface area contributed by atoms with Gasteiger partial charge in [0.15, 0.2) is 20.8 Å². The summed E-state index contributed by atoms with van der Waals surface area (Å²) < 4.78 is 32.8. The fraction of sp³-hybridized carbons (Fsp3) is 0.381. The van der Waals surface area contributed by atoms with E-state index in [1.807, 2.05) is 13.8 Å². The van der Waals surface area contributed by atoms with Gasteiger partial charge < -0.3 is 10.1 Å². The summed E-state index contributed by atoms with van der Waals surface area (Å²) in [6.45, 7) is 5.85. The van der Waals surface area contributed by atoms with Gasteiger partial charge in [0.2, 0.25) is 5.91 Å². The summed E-state index contributed by atoms with van der Waals surface area (Å²) >= 11 is 6.14. The average Bonchev–Trinajstić information content (AvgIpc) is 2.61. The number of nitrogens with one attached hydrogen (secondary N) is 1. The van der Waals surface area contributed by atoms with Crippen molar-refractivity contribution in [2.24, 2.45) is 0 Å². The third-order valence-electron chi connectivity index (χ3n) is 5.54. The Morgan fingerprint density at radius 3 is 2.50 bits per heavy atom. The molecular formula is C21H22ClNO4S. The lowest BCUT2D eigenvalue weighted by molar-refractivity contribution is -0.132. The molecule has 0 unspecified atom stereocenters. The van der Waals surface area contributed by atoms with Crippen LogP contribution in [0, 0.1) is 0 Å². The summed E-state index contributed by atoms with van der Waals surface area (Å²) in [7, 11) is -3.90. The van der Waals surface area contributed by atoms with Crippen LogP contribution in [0.4, 0.5) is 0 Å². The standard InChI is InChI=1S/C21H22ClNO4S/c1-12(2)13-4-7-15(8-5-13)28(25,26)19-17-11-21(3,23-20(19)24)27-18-9-6-14(22)10-16(17)18/h4-10,12,17,19H,11H2,1-3H3,(H,23,24)/t17-,19+,21+/m0/s1. The van der Waals surface area contributed by atoms with Gasteiger partial charge in [-0.05, 0) is 48.7 Å². The molecule has 5 nitrogen and oxygen atoms in total. The molecule has 2 aromatic carbocycles. The van der Waals surface area contributed by atoms with Crippen LogP contribution in [0.2, 0.25) is 5.02 Å². The van der Waals surface area contributed by atoms with Crippen molar-refractivity contribution in [3.05, 3.63) is 58.6 Å². The normalized spacial score (nSPS) is 26.4. The lowest BCUT2D eigenvalue weighted by Crippen LogP contribution is -2.63. The van der Waals surface area contributed by atoms with Crippen molar-refractivity contribution in [2.75, 3.05) is 0 Å². The molecule has 4 rings (SSSR count). The van der Waals surface area contributed by atoms with Crippen LogP contribution in [0.1, 0.15) is 50.2 Å². The van der Waals surface area contributed by atoms with E-state index in [1.54, 1.807) is 49.4 Å². The van der Waals surface area contributed by atoms with Crippen LogP contribution < -0.4 is 10.1 Å². The average molecular weight is 420 g/mol. The third-order valence-corrected chi connectivity index (χ3v) is 7.91. The van der Waals surface area contributed by atoms with Gasteiger partial charge in [0.1, 0.15) is 5.75 Å². The zero-order valence-corrected chi connectivity index (χ0v) is 17.5. The molecule has 0 aromatic heterocycles. The highest BCUT2D eigenvalue weighted by atomic mass is 35.5. The van der Waals surface area contributed by atoms with Crippen LogP contribution in [0.15, 0.2) is 47.4 Å². The van der Waals surface area contributed by atoms with Gasteiger partial charge in [0.05, 0.1) is 4.90 Å². The van der Waals surface area contributed by atoms with Crippen LogP contribution in [-0.4, -0.2) is 25.3 Å². The Morgan fingerprint density at radius 2 is 1.86 bits per heavy atom. The highest BCUT2D eigenvalue weighted by Gasteiger charge is 2.54. The summed E-state index contributed by atoms with van der Waals surface area (Å²) in [5.74, 6) is -0.230. The molecule has 28 heavy (non-hydrogen) atoms. The van der Waals surface area contributed by atoms with E-state index in [0.717, 1.165) is 5.56 Å². The van der Waals surface area contributed by atoms with Crippen LogP contribution in [0.3, 0.4) is 0 Å². The molecule has 3 atom stereocenters. The first-order valence-corrected chi connectivity index (χ1v) is 11.2. The number of rotatable bonds is 3. The van der Waals surface area contributed by atoms with E-state index < -0.39 is 32.6 Å². The van der Waals surface area contributed by atoms with Crippen molar-refractivity contribution in [3.63, 3.8) is 0 Å².